The van der Waals surface area contributed by atoms with Crippen LogP contribution in [0, 0.1) is 0 Å². The zero-order chi connectivity index (χ0) is 13.3. The second-order valence-electron chi connectivity index (χ2n) is 5.33. The summed E-state index contributed by atoms with van der Waals surface area (Å²) in [6.45, 7) is 12.4. The molecule has 2 rings (SSSR count). The molecule has 5 heteroatoms. The zero-order valence-electron chi connectivity index (χ0n) is 12.3. The third-order valence-electron chi connectivity index (χ3n) is 4.01. The highest BCUT2D eigenvalue weighted by Crippen LogP contribution is 2.05. The Morgan fingerprint density at radius 2 is 1.63 bits per heavy atom. The number of morpholine rings is 2. The number of nitrogens with one attached hydrogen (secondary N) is 1. The van der Waals surface area contributed by atoms with Crippen molar-refractivity contribution in [1.29, 1.82) is 0 Å². The van der Waals surface area contributed by atoms with Crippen LogP contribution in [0.5, 0.6) is 0 Å². The monoisotopic (exact) mass is 271 g/mol. The Morgan fingerprint density at radius 3 is 2.26 bits per heavy atom. The predicted molar refractivity (Wildman–Crippen MR) is 76.3 cm³/mol. The van der Waals surface area contributed by atoms with Crippen LogP contribution in [0.4, 0.5) is 0 Å². The number of rotatable bonds is 7. The molecule has 0 spiro atoms. The highest BCUT2D eigenvalue weighted by Gasteiger charge is 2.18. The number of nitrogens with zero attached hydrogens (tertiary/aromatic N) is 2. The Bertz CT molecular complexity index is 229. The smallest absolute Gasteiger partial charge is 0.0596 e. The fourth-order valence-electron chi connectivity index (χ4n) is 2.82. The molecule has 1 N–H and O–H groups in total. The summed E-state index contributed by atoms with van der Waals surface area (Å²) < 4.78 is 10.8. The van der Waals surface area contributed by atoms with E-state index in [1.54, 1.807) is 0 Å². The zero-order valence-corrected chi connectivity index (χ0v) is 12.3. The van der Waals surface area contributed by atoms with Crippen molar-refractivity contribution in [3.63, 3.8) is 0 Å². The Hall–Kier alpha value is -0.200. The maximum atomic E-state index is 5.41. The minimum Gasteiger partial charge on any atom is -0.379 e. The Labute approximate surface area is 117 Å². The van der Waals surface area contributed by atoms with E-state index in [4.69, 9.17) is 9.47 Å². The van der Waals surface area contributed by atoms with Crippen LogP contribution in [0.2, 0.25) is 0 Å². The topological polar surface area (TPSA) is 37.0 Å². The highest BCUT2D eigenvalue weighted by molar-refractivity contribution is 4.71. The Morgan fingerprint density at radius 1 is 1.00 bits per heavy atom. The lowest BCUT2D eigenvalue weighted by Crippen LogP contribution is -2.50. The van der Waals surface area contributed by atoms with Crippen LogP contribution in [-0.4, -0.2) is 81.7 Å². The molecule has 2 heterocycles. The minimum absolute atomic E-state index is 0.522. The van der Waals surface area contributed by atoms with Crippen LogP contribution in [0.1, 0.15) is 19.8 Å². The molecule has 0 saturated carbocycles. The summed E-state index contributed by atoms with van der Waals surface area (Å²) in [7, 11) is 0. The summed E-state index contributed by atoms with van der Waals surface area (Å²) in [4.78, 5) is 5.01. The molecule has 1 atom stereocenters. The standard InChI is InChI=1S/C14H29N3O2/c1-2-14(17-8-12-19-13-9-17)15-4-3-5-16-6-10-18-11-7-16/h14-15H,2-13H2,1H3. The van der Waals surface area contributed by atoms with E-state index in [1.165, 1.54) is 13.0 Å². The van der Waals surface area contributed by atoms with Gasteiger partial charge < -0.3 is 14.8 Å². The van der Waals surface area contributed by atoms with E-state index >= 15 is 0 Å². The van der Waals surface area contributed by atoms with Crippen LogP contribution in [0.3, 0.4) is 0 Å². The molecule has 5 nitrogen and oxygen atoms in total. The number of ether oxygens (including phenoxy) is 2. The van der Waals surface area contributed by atoms with Gasteiger partial charge in [0, 0.05) is 26.2 Å². The van der Waals surface area contributed by atoms with E-state index in [9.17, 15) is 0 Å². The lowest BCUT2D eigenvalue weighted by Gasteiger charge is -2.34. The van der Waals surface area contributed by atoms with Gasteiger partial charge in [0.2, 0.25) is 0 Å². The number of hydrogen-bond acceptors (Lipinski definition) is 5. The summed E-state index contributed by atoms with van der Waals surface area (Å²) in [5.74, 6) is 0. The predicted octanol–water partition coefficient (Wildman–Crippen LogP) is 0.367. The van der Waals surface area contributed by atoms with E-state index in [1.807, 2.05) is 0 Å². The van der Waals surface area contributed by atoms with Gasteiger partial charge in [-0.15, -0.1) is 0 Å². The second-order valence-corrected chi connectivity index (χ2v) is 5.33. The normalized spacial score (nSPS) is 24.5. The van der Waals surface area contributed by atoms with Crippen molar-refractivity contribution in [2.24, 2.45) is 0 Å². The van der Waals surface area contributed by atoms with Crippen molar-refractivity contribution in [1.82, 2.24) is 15.1 Å². The molecule has 0 bridgehead atoms. The molecule has 2 fully saturated rings. The molecule has 0 radical (unpaired) electrons. The van der Waals surface area contributed by atoms with E-state index in [2.05, 4.69) is 22.0 Å². The van der Waals surface area contributed by atoms with Gasteiger partial charge in [0.15, 0.2) is 0 Å². The van der Waals surface area contributed by atoms with Gasteiger partial charge in [-0.3, -0.25) is 9.80 Å². The van der Waals surface area contributed by atoms with Gasteiger partial charge in [0.25, 0.3) is 0 Å². The Kier molecular flexibility index (Phi) is 7.09. The SMILES string of the molecule is CCC(NCCCN1CCOCC1)N1CCOCC1. The maximum Gasteiger partial charge on any atom is 0.0596 e. The van der Waals surface area contributed by atoms with Crippen LogP contribution in [0.15, 0.2) is 0 Å². The second kappa shape index (κ2) is 8.87. The fraction of sp³-hybridized carbons (Fsp3) is 1.00. The third-order valence-corrected chi connectivity index (χ3v) is 4.01. The van der Waals surface area contributed by atoms with Crippen LogP contribution >= 0.6 is 0 Å². The van der Waals surface area contributed by atoms with Gasteiger partial charge in [-0.2, -0.15) is 0 Å². The minimum atomic E-state index is 0.522. The molecule has 0 aliphatic carbocycles. The van der Waals surface area contributed by atoms with E-state index in [0.29, 0.717) is 6.17 Å². The van der Waals surface area contributed by atoms with Crippen molar-refractivity contribution >= 4 is 0 Å². The van der Waals surface area contributed by atoms with Crippen molar-refractivity contribution in [2.45, 2.75) is 25.9 Å². The third kappa shape index (κ3) is 5.36. The average Bonchev–Trinajstić information content (AvgIpc) is 2.49. The molecular formula is C14H29N3O2. The van der Waals surface area contributed by atoms with Crippen molar-refractivity contribution in [3.05, 3.63) is 0 Å². The molecule has 2 aliphatic rings. The lowest BCUT2D eigenvalue weighted by molar-refractivity contribution is 0.00723. The van der Waals surface area contributed by atoms with Gasteiger partial charge in [0.1, 0.15) is 0 Å². The van der Waals surface area contributed by atoms with E-state index < -0.39 is 0 Å². The van der Waals surface area contributed by atoms with Gasteiger partial charge in [0.05, 0.1) is 32.6 Å². The van der Waals surface area contributed by atoms with Crippen LogP contribution in [0.25, 0.3) is 0 Å². The van der Waals surface area contributed by atoms with E-state index in [-0.39, 0.29) is 0 Å². The van der Waals surface area contributed by atoms with Crippen LogP contribution < -0.4 is 5.32 Å². The molecule has 19 heavy (non-hydrogen) atoms. The van der Waals surface area contributed by atoms with Crippen molar-refractivity contribution in [3.8, 4) is 0 Å². The quantitative estimate of drug-likeness (QED) is 0.677. The van der Waals surface area contributed by atoms with E-state index in [0.717, 1.165) is 65.6 Å². The maximum absolute atomic E-state index is 5.41. The van der Waals surface area contributed by atoms with Crippen molar-refractivity contribution in [2.75, 3.05) is 65.7 Å². The molecule has 0 aromatic carbocycles. The first kappa shape index (κ1) is 15.2. The van der Waals surface area contributed by atoms with Gasteiger partial charge >= 0.3 is 0 Å². The highest BCUT2D eigenvalue weighted by atomic mass is 16.5. The molecule has 2 saturated heterocycles. The first-order chi connectivity index (χ1) is 9.40. The van der Waals surface area contributed by atoms with Gasteiger partial charge in [-0.05, 0) is 25.9 Å². The summed E-state index contributed by atoms with van der Waals surface area (Å²) in [6.07, 6.45) is 2.91. The summed E-state index contributed by atoms with van der Waals surface area (Å²) >= 11 is 0. The average molecular weight is 271 g/mol. The van der Waals surface area contributed by atoms with Gasteiger partial charge in [-0.1, -0.05) is 6.92 Å². The number of hydrogen-bond donors (Lipinski definition) is 1. The Balaban J connectivity index is 1.57. The van der Waals surface area contributed by atoms with Crippen LogP contribution in [-0.2, 0) is 9.47 Å². The molecule has 0 aromatic rings. The lowest BCUT2D eigenvalue weighted by atomic mass is 10.2. The molecular weight excluding hydrogens is 242 g/mol. The molecule has 2 aliphatic heterocycles. The van der Waals surface area contributed by atoms with Gasteiger partial charge in [-0.25, -0.2) is 0 Å². The molecule has 0 amide bonds. The first-order valence-corrected chi connectivity index (χ1v) is 7.75. The summed E-state index contributed by atoms with van der Waals surface area (Å²) in [5.41, 5.74) is 0. The molecule has 112 valence electrons. The summed E-state index contributed by atoms with van der Waals surface area (Å²) in [6, 6.07) is 0. The molecule has 1 unspecified atom stereocenters. The largest absolute Gasteiger partial charge is 0.379 e. The summed E-state index contributed by atoms with van der Waals surface area (Å²) in [5, 5.41) is 3.69. The molecule has 0 aromatic heterocycles. The fourth-order valence-corrected chi connectivity index (χ4v) is 2.82. The first-order valence-electron chi connectivity index (χ1n) is 7.75. The van der Waals surface area contributed by atoms with Crippen molar-refractivity contribution < 1.29 is 9.47 Å².